The lowest BCUT2D eigenvalue weighted by Crippen LogP contribution is -2.20. The first-order valence-corrected chi connectivity index (χ1v) is 11.2. The van der Waals surface area contributed by atoms with E-state index in [9.17, 15) is 26.4 Å². The standard InChI is InChI=1S/C23H21F3N2O4S/c1-15-5-3-8-21(16(15)2)27-22(29)14-32-19-9-11-20(12-10-19)33(30,31)28-18-7-4-6-17(13-18)23(24,25)26/h3-13,28H,14H2,1-2H3,(H,27,29). The Morgan fingerprint density at radius 1 is 0.970 bits per heavy atom. The fourth-order valence-electron chi connectivity index (χ4n) is 2.91. The number of sulfonamides is 1. The number of hydrogen-bond donors (Lipinski definition) is 2. The lowest BCUT2D eigenvalue weighted by molar-refractivity contribution is -0.137. The van der Waals surface area contributed by atoms with Crippen LogP contribution in [0.25, 0.3) is 0 Å². The molecule has 0 atom stereocenters. The summed E-state index contributed by atoms with van der Waals surface area (Å²) in [6.07, 6.45) is -4.59. The first-order valence-electron chi connectivity index (χ1n) is 9.75. The molecule has 3 rings (SSSR count). The molecule has 0 bridgehead atoms. The second kappa shape index (κ2) is 9.53. The Labute approximate surface area is 189 Å². The van der Waals surface area contributed by atoms with E-state index >= 15 is 0 Å². The molecule has 0 heterocycles. The molecule has 174 valence electrons. The number of halogens is 3. The topological polar surface area (TPSA) is 84.5 Å². The summed E-state index contributed by atoms with van der Waals surface area (Å²) in [5, 5.41) is 2.75. The van der Waals surface area contributed by atoms with Crippen LogP contribution >= 0.6 is 0 Å². The van der Waals surface area contributed by atoms with Gasteiger partial charge in [0.05, 0.1) is 10.5 Å². The zero-order valence-electron chi connectivity index (χ0n) is 17.7. The van der Waals surface area contributed by atoms with Gasteiger partial charge < -0.3 is 10.1 Å². The van der Waals surface area contributed by atoms with Gasteiger partial charge in [0, 0.05) is 11.4 Å². The van der Waals surface area contributed by atoms with Crippen LogP contribution in [-0.4, -0.2) is 20.9 Å². The molecule has 2 N–H and O–H groups in total. The fourth-order valence-corrected chi connectivity index (χ4v) is 3.96. The predicted molar refractivity (Wildman–Crippen MR) is 119 cm³/mol. The highest BCUT2D eigenvalue weighted by molar-refractivity contribution is 7.92. The van der Waals surface area contributed by atoms with Crippen molar-refractivity contribution in [2.75, 3.05) is 16.6 Å². The largest absolute Gasteiger partial charge is 0.484 e. The maximum atomic E-state index is 12.8. The molecular formula is C23H21F3N2O4S. The third-order valence-corrected chi connectivity index (χ3v) is 6.22. The number of ether oxygens (including phenoxy) is 1. The van der Waals surface area contributed by atoms with Crippen LogP contribution in [0.1, 0.15) is 16.7 Å². The fraction of sp³-hybridized carbons (Fsp3) is 0.174. The summed E-state index contributed by atoms with van der Waals surface area (Å²) in [7, 11) is -4.13. The molecule has 10 heteroatoms. The van der Waals surface area contributed by atoms with Gasteiger partial charge in [-0.15, -0.1) is 0 Å². The second-order valence-electron chi connectivity index (χ2n) is 7.24. The molecule has 0 aliphatic carbocycles. The van der Waals surface area contributed by atoms with E-state index in [2.05, 4.69) is 10.0 Å². The van der Waals surface area contributed by atoms with Gasteiger partial charge in [0.1, 0.15) is 5.75 Å². The van der Waals surface area contributed by atoms with Gasteiger partial charge in [-0.3, -0.25) is 9.52 Å². The van der Waals surface area contributed by atoms with E-state index in [1.165, 1.54) is 30.3 Å². The third-order valence-electron chi connectivity index (χ3n) is 4.82. The Bertz CT molecular complexity index is 1260. The van der Waals surface area contributed by atoms with Gasteiger partial charge in [0.25, 0.3) is 15.9 Å². The third kappa shape index (κ3) is 6.26. The highest BCUT2D eigenvalue weighted by Crippen LogP contribution is 2.31. The van der Waals surface area contributed by atoms with E-state index in [0.717, 1.165) is 23.3 Å². The SMILES string of the molecule is Cc1cccc(NC(=O)COc2ccc(S(=O)(=O)Nc3cccc(C(F)(F)F)c3)cc2)c1C. The number of aryl methyl sites for hydroxylation is 1. The molecule has 0 unspecified atom stereocenters. The van der Waals surface area contributed by atoms with Gasteiger partial charge in [-0.2, -0.15) is 13.2 Å². The molecule has 1 amide bonds. The van der Waals surface area contributed by atoms with Gasteiger partial charge in [-0.05, 0) is 73.5 Å². The predicted octanol–water partition coefficient (Wildman–Crippen LogP) is 5.14. The number of hydrogen-bond acceptors (Lipinski definition) is 4. The molecule has 0 aliphatic heterocycles. The lowest BCUT2D eigenvalue weighted by Gasteiger charge is -2.12. The monoisotopic (exact) mass is 478 g/mol. The molecule has 0 saturated carbocycles. The maximum Gasteiger partial charge on any atom is 0.416 e. The Balaban J connectivity index is 1.62. The van der Waals surface area contributed by atoms with Gasteiger partial charge >= 0.3 is 6.18 Å². The van der Waals surface area contributed by atoms with Gasteiger partial charge in [-0.1, -0.05) is 18.2 Å². The summed E-state index contributed by atoms with van der Waals surface area (Å²) in [4.78, 5) is 12.0. The average molecular weight is 478 g/mol. The van der Waals surface area contributed by atoms with Gasteiger partial charge in [0.15, 0.2) is 6.61 Å². The number of rotatable bonds is 7. The van der Waals surface area contributed by atoms with Crippen LogP contribution in [0.2, 0.25) is 0 Å². The lowest BCUT2D eigenvalue weighted by atomic mass is 10.1. The van der Waals surface area contributed by atoms with Crippen LogP contribution in [-0.2, 0) is 21.0 Å². The van der Waals surface area contributed by atoms with Crippen LogP contribution in [0.3, 0.4) is 0 Å². The minimum Gasteiger partial charge on any atom is -0.484 e. The summed E-state index contributed by atoms with van der Waals surface area (Å²) >= 11 is 0. The van der Waals surface area contributed by atoms with Crippen molar-refractivity contribution in [2.45, 2.75) is 24.9 Å². The van der Waals surface area contributed by atoms with Crippen molar-refractivity contribution >= 4 is 27.3 Å². The summed E-state index contributed by atoms with van der Waals surface area (Å²) in [5.41, 5.74) is 1.46. The van der Waals surface area contributed by atoms with Gasteiger partial charge in [0.2, 0.25) is 0 Å². The van der Waals surface area contributed by atoms with Crippen molar-refractivity contribution < 1.29 is 31.1 Å². The molecule has 6 nitrogen and oxygen atoms in total. The molecule has 0 aromatic heterocycles. The van der Waals surface area contributed by atoms with Crippen molar-refractivity contribution in [2.24, 2.45) is 0 Å². The second-order valence-corrected chi connectivity index (χ2v) is 8.92. The normalized spacial score (nSPS) is 11.7. The van der Waals surface area contributed by atoms with E-state index in [4.69, 9.17) is 4.74 Å². The Morgan fingerprint density at radius 3 is 2.30 bits per heavy atom. The summed E-state index contributed by atoms with van der Waals surface area (Å²) in [6, 6.07) is 14.6. The first-order chi connectivity index (χ1) is 15.5. The number of alkyl halides is 3. The highest BCUT2D eigenvalue weighted by atomic mass is 32.2. The molecule has 33 heavy (non-hydrogen) atoms. The number of amides is 1. The first kappa shape index (κ1) is 24.1. The van der Waals surface area contributed by atoms with Crippen molar-refractivity contribution in [3.8, 4) is 5.75 Å². The quantitative estimate of drug-likeness (QED) is 0.493. The minimum atomic E-state index is -4.59. The number of carbonyl (C=O) groups excluding carboxylic acids is 1. The Kier molecular flexibility index (Phi) is 6.97. The Hall–Kier alpha value is -3.53. The molecule has 0 spiro atoms. The van der Waals surface area contributed by atoms with E-state index in [-0.39, 0.29) is 28.8 Å². The van der Waals surface area contributed by atoms with Crippen LogP contribution in [0.4, 0.5) is 24.5 Å². The summed E-state index contributed by atoms with van der Waals surface area (Å²) in [6.45, 7) is 3.53. The number of anilines is 2. The Morgan fingerprint density at radius 2 is 1.64 bits per heavy atom. The maximum absolute atomic E-state index is 12.8. The van der Waals surface area contributed by atoms with E-state index in [1.807, 2.05) is 26.0 Å². The molecular weight excluding hydrogens is 457 g/mol. The molecule has 0 aliphatic rings. The number of benzene rings is 3. The van der Waals surface area contributed by atoms with Crippen molar-refractivity contribution in [1.82, 2.24) is 0 Å². The van der Waals surface area contributed by atoms with Crippen molar-refractivity contribution in [1.29, 1.82) is 0 Å². The van der Waals surface area contributed by atoms with E-state index in [1.54, 1.807) is 6.07 Å². The number of nitrogens with one attached hydrogen (secondary N) is 2. The molecule has 0 saturated heterocycles. The average Bonchev–Trinajstić information content (AvgIpc) is 2.75. The van der Waals surface area contributed by atoms with Crippen LogP contribution < -0.4 is 14.8 Å². The minimum absolute atomic E-state index is 0.174. The number of carbonyl (C=O) groups is 1. The molecule has 3 aromatic rings. The van der Waals surface area contributed by atoms with E-state index < -0.39 is 21.8 Å². The van der Waals surface area contributed by atoms with Gasteiger partial charge in [-0.25, -0.2) is 8.42 Å². The summed E-state index contributed by atoms with van der Waals surface area (Å²) in [5.74, 6) is -0.129. The zero-order valence-corrected chi connectivity index (χ0v) is 18.5. The van der Waals surface area contributed by atoms with Crippen molar-refractivity contribution in [3.05, 3.63) is 83.4 Å². The van der Waals surface area contributed by atoms with E-state index in [0.29, 0.717) is 11.8 Å². The molecule has 0 fully saturated rings. The van der Waals surface area contributed by atoms with Crippen LogP contribution in [0.15, 0.2) is 71.6 Å². The molecule has 3 aromatic carbocycles. The molecule has 0 radical (unpaired) electrons. The zero-order chi connectivity index (χ0) is 24.2. The summed E-state index contributed by atoms with van der Waals surface area (Å²) < 4.78 is 71.0. The van der Waals surface area contributed by atoms with Crippen LogP contribution in [0.5, 0.6) is 5.75 Å². The van der Waals surface area contributed by atoms with Crippen molar-refractivity contribution in [3.63, 3.8) is 0 Å². The highest BCUT2D eigenvalue weighted by Gasteiger charge is 2.30. The smallest absolute Gasteiger partial charge is 0.416 e. The van der Waals surface area contributed by atoms with Crippen LogP contribution in [0, 0.1) is 13.8 Å².